The molecule has 0 aromatic carbocycles. The fourth-order valence-electron chi connectivity index (χ4n) is 0.855. The van der Waals surface area contributed by atoms with Crippen molar-refractivity contribution in [3.8, 4) is 0 Å². The Kier molecular flexibility index (Phi) is 2.94. The van der Waals surface area contributed by atoms with Gasteiger partial charge in [0.25, 0.3) is 0 Å². The molecule has 66 valence electrons. The lowest BCUT2D eigenvalue weighted by Gasteiger charge is -2.05. The fraction of sp³-hybridized carbons (Fsp3) is 0.500. The van der Waals surface area contributed by atoms with E-state index >= 15 is 0 Å². The Morgan fingerprint density at radius 2 is 2.33 bits per heavy atom. The van der Waals surface area contributed by atoms with Crippen LogP contribution < -0.4 is 0 Å². The predicted octanol–water partition coefficient (Wildman–Crippen LogP) is 1.41. The van der Waals surface area contributed by atoms with Gasteiger partial charge in [0.1, 0.15) is 0 Å². The Bertz CT molecular complexity index is 280. The molecule has 12 heavy (non-hydrogen) atoms. The van der Waals surface area contributed by atoms with Crippen LogP contribution in [0.4, 0.5) is 0 Å². The van der Waals surface area contributed by atoms with Crippen LogP contribution in [0.25, 0.3) is 0 Å². The Morgan fingerprint density at radius 3 is 2.75 bits per heavy atom. The summed E-state index contributed by atoms with van der Waals surface area (Å²) in [6.07, 6.45) is 1.77. The summed E-state index contributed by atoms with van der Waals surface area (Å²) >= 11 is 1.47. The van der Waals surface area contributed by atoms with Crippen LogP contribution in [-0.2, 0) is 6.54 Å². The second-order valence-corrected chi connectivity index (χ2v) is 4.04. The minimum Gasteiger partial charge on any atom is -0.304 e. The molecule has 4 heteroatoms. The standard InChI is InChI=1S/C8H12N2OS/c1-6(11)8-9-4-7(12-8)5-10(2)3/h4H,5H2,1-3H3. The van der Waals surface area contributed by atoms with Crippen LogP contribution in [0.3, 0.4) is 0 Å². The number of hydrogen-bond acceptors (Lipinski definition) is 4. The van der Waals surface area contributed by atoms with Gasteiger partial charge in [-0.1, -0.05) is 0 Å². The first-order chi connectivity index (χ1) is 5.59. The zero-order valence-electron chi connectivity index (χ0n) is 7.50. The molecule has 3 nitrogen and oxygen atoms in total. The van der Waals surface area contributed by atoms with Crippen LogP contribution in [0.15, 0.2) is 6.20 Å². The van der Waals surface area contributed by atoms with Gasteiger partial charge in [0.15, 0.2) is 10.8 Å². The predicted molar refractivity (Wildman–Crippen MR) is 49.5 cm³/mol. The van der Waals surface area contributed by atoms with Crippen molar-refractivity contribution in [3.63, 3.8) is 0 Å². The molecule has 0 radical (unpaired) electrons. The van der Waals surface area contributed by atoms with Crippen molar-refractivity contribution in [2.75, 3.05) is 14.1 Å². The molecule has 0 amide bonds. The smallest absolute Gasteiger partial charge is 0.188 e. The third-order valence-electron chi connectivity index (χ3n) is 1.33. The van der Waals surface area contributed by atoms with E-state index in [4.69, 9.17) is 0 Å². The molecule has 1 aromatic heterocycles. The topological polar surface area (TPSA) is 33.2 Å². The van der Waals surface area contributed by atoms with Crippen molar-refractivity contribution >= 4 is 17.1 Å². The van der Waals surface area contributed by atoms with Gasteiger partial charge < -0.3 is 4.90 Å². The van der Waals surface area contributed by atoms with Crippen molar-refractivity contribution in [1.29, 1.82) is 0 Å². The molecule has 0 bridgehead atoms. The number of ketones is 1. The maximum atomic E-state index is 10.9. The first-order valence-corrected chi connectivity index (χ1v) is 4.51. The number of nitrogens with zero attached hydrogens (tertiary/aromatic N) is 2. The summed E-state index contributed by atoms with van der Waals surface area (Å²) in [5.41, 5.74) is 0. The Morgan fingerprint density at radius 1 is 1.67 bits per heavy atom. The Labute approximate surface area is 76.0 Å². The highest BCUT2D eigenvalue weighted by molar-refractivity contribution is 7.13. The SMILES string of the molecule is CC(=O)c1ncc(CN(C)C)s1. The van der Waals surface area contributed by atoms with Crippen molar-refractivity contribution in [2.45, 2.75) is 13.5 Å². The first kappa shape index (κ1) is 9.35. The lowest BCUT2D eigenvalue weighted by Crippen LogP contribution is -2.09. The van der Waals surface area contributed by atoms with E-state index in [1.807, 2.05) is 14.1 Å². The molecule has 0 aliphatic heterocycles. The molecule has 0 fully saturated rings. The highest BCUT2D eigenvalue weighted by atomic mass is 32.1. The Balaban J connectivity index is 2.71. The first-order valence-electron chi connectivity index (χ1n) is 3.70. The van der Waals surface area contributed by atoms with E-state index < -0.39 is 0 Å². The second-order valence-electron chi connectivity index (χ2n) is 2.93. The molecular weight excluding hydrogens is 172 g/mol. The van der Waals surface area contributed by atoms with Crippen LogP contribution in [0.5, 0.6) is 0 Å². The maximum absolute atomic E-state index is 10.9. The van der Waals surface area contributed by atoms with E-state index in [9.17, 15) is 4.79 Å². The zero-order chi connectivity index (χ0) is 9.14. The van der Waals surface area contributed by atoms with E-state index in [-0.39, 0.29) is 5.78 Å². The number of hydrogen-bond donors (Lipinski definition) is 0. The fourth-order valence-corrected chi connectivity index (χ4v) is 1.78. The summed E-state index contributed by atoms with van der Waals surface area (Å²) in [7, 11) is 3.99. The molecule has 0 unspecified atom stereocenters. The third kappa shape index (κ3) is 2.39. The molecule has 0 saturated carbocycles. The molecule has 0 aliphatic rings. The van der Waals surface area contributed by atoms with Gasteiger partial charge in [-0.3, -0.25) is 4.79 Å². The van der Waals surface area contributed by atoms with Crippen LogP contribution >= 0.6 is 11.3 Å². The number of carbonyl (C=O) groups excluding carboxylic acids is 1. The molecule has 0 saturated heterocycles. The van der Waals surface area contributed by atoms with E-state index in [1.165, 1.54) is 18.3 Å². The Hall–Kier alpha value is -0.740. The van der Waals surface area contributed by atoms with Crippen LogP contribution in [0.1, 0.15) is 21.6 Å². The van der Waals surface area contributed by atoms with Crippen molar-refractivity contribution < 1.29 is 4.79 Å². The summed E-state index contributed by atoms with van der Waals surface area (Å²) in [6.45, 7) is 2.39. The van der Waals surface area contributed by atoms with Crippen molar-refractivity contribution in [2.24, 2.45) is 0 Å². The van der Waals surface area contributed by atoms with Crippen molar-refractivity contribution in [1.82, 2.24) is 9.88 Å². The van der Waals surface area contributed by atoms with Gasteiger partial charge in [0.05, 0.1) is 0 Å². The molecule has 1 aromatic rings. The number of carbonyl (C=O) groups is 1. The van der Waals surface area contributed by atoms with Gasteiger partial charge in [-0.15, -0.1) is 11.3 Å². The zero-order valence-corrected chi connectivity index (χ0v) is 8.31. The molecule has 1 rings (SSSR count). The largest absolute Gasteiger partial charge is 0.304 e. The molecule has 0 atom stereocenters. The molecule has 0 spiro atoms. The molecule has 0 aliphatic carbocycles. The van der Waals surface area contributed by atoms with E-state index in [1.54, 1.807) is 6.20 Å². The van der Waals surface area contributed by atoms with Crippen LogP contribution in [-0.4, -0.2) is 29.8 Å². The molecular formula is C8H12N2OS. The highest BCUT2D eigenvalue weighted by Crippen LogP contribution is 2.14. The normalized spacial score (nSPS) is 10.7. The summed E-state index contributed by atoms with van der Waals surface area (Å²) in [6, 6.07) is 0. The quantitative estimate of drug-likeness (QED) is 0.666. The lowest BCUT2D eigenvalue weighted by molar-refractivity contribution is 0.101. The summed E-state index contributed by atoms with van der Waals surface area (Å²) in [4.78, 5) is 18.1. The van der Waals surface area contributed by atoms with Crippen LogP contribution in [0, 0.1) is 0 Å². The summed E-state index contributed by atoms with van der Waals surface area (Å²) in [5, 5.41) is 0.604. The van der Waals surface area contributed by atoms with Gasteiger partial charge in [-0.2, -0.15) is 0 Å². The molecule has 0 N–H and O–H groups in total. The van der Waals surface area contributed by atoms with E-state index in [2.05, 4.69) is 9.88 Å². The number of rotatable bonds is 3. The monoisotopic (exact) mass is 184 g/mol. The molecule has 1 heterocycles. The minimum absolute atomic E-state index is 0.0463. The summed E-state index contributed by atoms with van der Waals surface area (Å²) < 4.78 is 0. The minimum atomic E-state index is 0.0463. The second kappa shape index (κ2) is 3.78. The van der Waals surface area contributed by atoms with E-state index in [0.717, 1.165) is 11.4 Å². The third-order valence-corrected chi connectivity index (χ3v) is 2.41. The van der Waals surface area contributed by atoms with E-state index in [0.29, 0.717) is 5.01 Å². The summed E-state index contributed by atoms with van der Waals surface area (Å²) in [5.74, 6) is 0.0463. The van der Waals surface area contributed by atoms with Crippen LogP contribution in [0.2, 0.25) is 0 Å². The average Bonchev–Trinajstić information content (AvgIpc) is 2.34. The van der Waals surface area contributed by atoms with Gasteiger partial charge in [-0.05, 0) is 14.1 Å². The van der Waals surface area contributed by atoms with Gasteiger partial charge in [0.2, 0.25) is 0 Å². The number of aromatic nitrogens is 1. The number of thiazole rings is 1. The highest BCUT2D eigenvalue weighted by Gasteiger charge is 2.05. The number of Topliss-reactive ketones (excluding diaryl/α,β-unsaturated/α-hetero) is 1. The van der Waals surface area contributed by atoms with Gasteiger partial charge in [-0.25, -0.2) is 4.98 Å². The average molecular weight is 184 g/mol. The van der Waals surface area contributed by atoms with Crippen molar-refractivity contribution in [3.05, 3.63) is 16.1 Å². The maximum Gasteiger partial charge on any atom is 0.188 e. The van der Waals surface area contributed by atoms with Gasteiger partial charge >= 0.3 is 0 Å². The van der Waals surface area contributed by atoms with Gasteiger partial charge in [0, 0.05) is 24.5 Å². The lowest BCUT2D eigenvalue weighted by atomic mass is 10.5.